The normalized spacial score (nSPS) is 15.1. The van der Waals surface area contributed by atoms with Gasteiger partial charge < -0.3 is 15.5 Å². The fourth-order valence-corrected chi connectivity index (χ4v) is 2.93. The molecule has 0 saturated carbocycles. The van der Waals surface area contributed by atoms with Crippen LogP contribution < -0.4 is 15.5 Å². The quantitative estimate of drug-likeness (QED) is 0.877. The van der Waals surface area contributed by atoms with E-state index >= 15 is 0 Å². The zero-order valence-corrected chi connectivity index (χ0v) is 14.6. The number of amides is 2. The number of anilines is 3. The molecule has 1 fully saturated rings. The van der Waals surface area contributed by atoms with Gasteiger partial charge in [0.2, 0.25) is 11.8 Å². The number of aryl methyl sites for hydroxylation is 1. The van der Waals surface area contributed by atoms with Crippen molar-refractivity contribution in [3.8, 4) is 0 Å². The summed E-state index contributed by atoms with van der Waals surface area (Å²) in [5.41, 5.74) is 3.61. The van der Waals surface area contributed by atoms with Gasteiger partial charge in [-0.05, 0) is 56.2 Å². The van der Waals surface area contributed by atoms with Crippen LogP contribution in [0.15, 0.2) is 48.5 Å². The number of benzene rings is 2. The predicted molar refractivity (Wildman–Crippen MR) is 101 cm³/mol. The van der Waals surface area contributed by atoms with Gasteiger partial charge in [0.25, 0.3) is 0 Å². The lowest BCUT2D eigenvalue weighted by atomic mass is 10.2. The van der Waals surface area contributed by atoms with E-state index in [0.717, 1.165) is 35.6 Å². The molecule has 2 N–H and O–H groups in total. The minimum absolute atomic E-state index is 0.0897. The molecule has 1 saturated heterocycles. The monoisotopic (exact) mass is 337 g/mol. The SMILES string of the molecule is Cc1ccccc1NC(=O)[C@H](C)Nc1ccc(N2CCCC2=O)cc1. The summed E-state index contributed by atoms with van der Waals surface area (Å²) >= 11 is 0. The maximum Gasteiger partial charge on any atom is 0.246 e. The standard InChI is InChI=1S/C20H23N3O2/c1-14-6-3-4-7-18(14)22-20(25)15(2)21-16-9-11-17(12-10-16)23-13-5-8-19(23)24/h3-4,6-7,9-12,15,21H,5,8,13H2,1-2H3,(H,22,25)/t15-/m0/s1. The summed E-state index contributed by atoms with van der Waals surface area (Å²) in [5.74, 6) is 0.0831. The van der Waals surface area contributed by atoms with Gasteiger partial charge in [0.15, 0.2) is 0 Å². The Labute approximate surface area is 148 Å². The molecule has 2 aromatic carbocycles. The molecule has 0 bridgehead atoms. The zero-order valence-electron chi connectivity index (χ0n) is 14.6. The first kappa shape index (κ1) is 17.0. The van der Waals surface area contributed by atoms with Gasteiger partial charge in [-0.15, -0.1) is 0 Å². The van der Waals surface area contributed by atoms with Crippen molar-refractivity contribution in [2.75, 3.05) is 22.1 Å². The highest BCUT2D eigenvalue weighted by Gasteiger charge is 2.21. The number of nitrogens with zero attached hydrogens (tertiary/aromatic N) is 1. The number of carbonyl (C=O) groups is 2. The van der Waals surface area contributed by atoms with Crippen LogP contribution in [-0.4, -0.2) is 24.4 Å². The first-order valence-electron chi connectivity index (χ1n) is 8.58. The van der Waals surface area contributed by atoms with Gasteiger partial charge in [0, 0.05) is 30.0 Å². The number of hydrogen-bond acceptors (Lipinski definition) is 3. The number of carbonyl (C=O) groups excluding carboxylic acids is 2. The number of nitrogens with one attached hydrogen (secondary N) is 2. The van der Waals surface area contributed by atoms with Crippen molar-refractivity contribution in [3.63, 3.8) is 0 Å². The van der Waals surface area contributed by atoms with Gasteiger partial charge >= 0.3 is 0 Å². The number of para-hydroxylation sites is 1. The molecule has 5 nitrogen and oxygen atoms in total. The molecule has 2 aromatic rings. The highest BCUT2D eigenvalue weighted by molar-refractivity contribution is 5.97. The molecule has 0 unspecified atom stereocenters. The smallest absolute Gasteiger partial charge is 0.246 e. The number of rotatable bonds is 5. The fraction of sp³-hybridized carbons (Fsp3) is 0.300. The topological polar surface area (TPSA) is 61.4 Å². The van der Waals surface area contributed by atoms with Crippen LogP contribution in [0.5, 0.6) is 0 Å². The van der Waals surface area contributed by atoms with Crippen molar-refractivity contribution in [2.45, 2.75) is 32.7 Å². The van der Waals surface area contributed by atoms with E-state index in [0.29, 0.717) is 6.42 Å². The van der Waals surface area contributed by atoms with Gasteiger partial charge in [-0.1, -0.05) is 18.2 Å². The van der Waals surface area contributed by atoms with Crippen molar-refractivity contribution in [3.05, 3.63) is 54.1 Å². The molecule has 2 amide bonds. The van der Waals surface area contributed by atoms with Gasteiger partial charge in [-0.25, -0.2) is 0 Å². The third kappa shape index (κ3) is 3.99. The molecular formula is C20H23N3O2. The van der Waals surface area contributed by atoms with E-state index in [-0.39, 0.29) is 17.9 Å². The zero-order chi connectivity index (χ0) is 17.8. The van der Waals surface area contributed by atoms with E-state index in [2.05, 4.69) is 10.6 Å². The van der Waals surface area contributed by atoms with Crippen molar-refractivity contribution in [1.29, 1.82) is 0 Å². The highest BCUT2D eigenvalue weighted by Crippen LogP contribution is 2.23. The molecule has 25 heavy (non-hydrogen) atoms. The second-order valence-corrected chi connectivity index (χ2v) is 6.37. The summed E-state index contributed by atoms with van der Waals surface area (Å²) in [5, 5.41) is 6.13. The molecule has 5 heteroatoms. The molecule has 1 aliphatic heterocycles. The Kier molecular flexibility index (Phi) is 5.03. The van der Waals surface area contributed by atoms with E-state index in [1.54, 1.807) is 4.90 Å². The summed E-state index contributed by atoms with van der Waals surface area (Å²) in [6.07, 6.45) is 1.53. The van der Waals surface area contributed by atoms with Gasteiger partial charge in [-0.2, -0.15) is 0 Å². The third-order valence-electron chi connectivity index (χ3n) is 4.43. The van der Waals surface area contributed by atoms with E-state index in [1.807, 2.05) is 62.4 Å². The molecule has 0 radical (unpaired) electrons. The summed E-state index contributed by atoms with van der Waals surface area (Å²) in [7, 11) is 0. The molecule has 0 aromatic heterocycles. The fourth-order valence-electron chi connectivity index (χ4n) is 2.93. The summed E-state index contributed by atoms with van der Waals surface area (Å²) in [6, 6.07) is 15.0. The second kappa shape index (κ2) is 7.38. The lowest BCUT2D eigenvalue weighted by molar-refractivity contribution is -0.117. The van der Waals surface area contributed by atoms with Crippen LogP contribution in [0.4, 0.5) is 17.1 Å². The van der Waals surface area contributed by atoms with Gasteiger partial charge in [-0.3, -0.25) is 9.59 Å². The molecular weight excluding hydrogens is 314 g/mol. The molecule has 130 valence electrons. The largest absolute Gasteiger partial charge is 0.374 e. The Balaban J connectivity index is 1.60. The van der Waals surface area contributed by atoms with Crippen LogP contribution in [0.25, 0.3) is 0 Å². The second-order valence-electron chi connectivity index (χ2n) is 6.37. The van der Waals surface area contributed by atoms with Gasteiger partial charge in [0.05, 0.1) is 0 Å². The molecule has 1 heterocycles. The predicted octanol–water partition coefficient (Wildman–Crippen LogP) is 3.56. The van der Waals surface area contributed by atoms with Crippen LogP contribution in [0.1, 0.15) is 25.3 Å². The summed E-state index contributed by atoms with van der Waals surface area (Å²) in [6.45, 7) is 4.57. The maximum atomic E-state index is 12.4. The molecule has 1 atom stereocenters. The lowest BCUT2D eigenvalue weighted by Gasteiger charge is -2.18. The first-order chi connectivity index (χ1) is 12.0. The van der Waals surface area contributed by atoms with E-state index in [1.165, 1.54) is 0 Å². The van der Waals surface area contributed by atoms with Crippen LogP contribution >= 0.6 is 0 Å². The van der Waals surface area contributed by atoms with Crippen LogP contribution in [0, 0.1) is 6.92 Å². The Hall–Kier alpha value is -2.82. The summed E-state index contributed by atoms with van der Waals surface area (Å²) < 4.78 is 0. The minimum atomic E-state index is -0.376. The summed E-state index contributed by atoms with van der Waals surface area (Å²) in [4.78, 5) is 26.0. The average Bonchev–Trinajstić information content (AvgIpc) is 3.03. The third-order valence-corrected chi connectivity index (χ3v) is 4.43. The highest BCUT2D eigenvalue weighted by atomic mass is 16.2. The Morgan fingerprint density at radius 2 is 1.84 bits per heavy atom. The molecule has 1 aliphatic rings. The van der Waals surface area contributed by atoms with Crippen molar-refractivity contribution in [2.24, 2.45) is 0 Å². The first-order valence-corrected chi connectivity index (χ1v) is 8.58. The van der Waals surface area contributed by atoms with Crippen molar-refractivity contribution in [1.82, 2.24) is 0 Å². The van der Waals surface area contributed by atoms with Crippen LogP contribution in [0.2, 0.25) is 0 Å². The maximum absolute atomic E-state index is 12.4. The Morgan fingerprint density at radius 3 is 2.48 bits per heavy atom. The van der Waals surface area contributed by atoms with Gasteiger partial charge in [0.1, 0.15) is 6.04 Å². The van der Waals surface area contributed by atoms with Crippen LogP contribution in [0.3, 0.4) is 0 Å². The lowest BCUT2D eigenvalue weighted by Crippen LogP contribution is -2.32. The average molecular weight is 337 g/mol. The molecule has 0 spiro atoms. The van der Waals surface area contributed by atoms with E-state index < -0.39 is 0 Å². The Bertz CT molecular complexity index is 771. The van der Waals surface area contributed by atoms with E-state index in [4.69, 9.17) is 0 Å². The Morgan fingerprint density at radius 1 is 1.12 bits per heavy atom. The van der Waals surface area contributed by atoms with Crippen LogP contribution in [-0.2, 0) is 9.59 Å². The molecule has 0 aliphatic carbocycles. The van der Waals surface area contributed by atoms with E-state index in [9.17, 15) is 9.59 Å². The van der Waals surface area contributed by atoms with Crippen molar-refractivity contribution >= 4 is 28.9 Å². The minimum Gasteiger partial charge on any atom is -0.374 e. The molecule has 3 rings (SSSR count). The number of hydrogen-bond donors (Lipinski definition) is 2. The van der Waals surface area contributed by atoms with Crippen molar-refractivity contribution < 1.29 is 9.59 Å².